The van der Waals surface area contributed by atoms with Crippen molar-refractivity contribution in [3.63, 3.8) is 0 Å². The van der Waals surface area contributed by atoms with Gasteiger partial charge in [0.15, 0.2) is 0 Å². The minimum absolute atomic E-state index is 0.826. The first kappa shape index (κ1) is 13.5. The van der Waals surface area contributed by atoms with Crippen molar-refractivity contribution in [2.75, 3.05) is 20.1 Å². The number of nitrogens with one attached hydrogen (secondary N) is 1. The molecule has 18 heavy (non-hydrogen) atoms. The molecule has 3 heteroatoms. The molecule has 0 aliphatic heterocycles. The van der Waals surface area contributed by atoms with Crippen LogP contribution in [0.1, 0.15) is 36.8 Å². The summed E-state index contributed by atoms with van der Waals surface area (Å²) >= 11 is 0. The molecule has 1 N–H and O–H groups in total. The van der Waals surface area contributed by atoms with Crippen LogP contribution in [0.2, 0.25) is 0 Å². The number of nitrogens with zero attached hydrogens (tertiary/aromatic N) is 2. The quantitative estimate of drug-likeness (QED) is 0.782. The van der Waals surface area contributed by atoms with Crippen LogP contribution < -0.4 is 5.32 Å². The van der Waals surface area contributed by atoms with E-state index in [1.807, 2.05) is 12.4 Å². The zero-order valence-corrected chi connectivity index (χ0v) is 11.7. The van der Waals surface area contributed by atoms with Crippen molar-refractivity contribution in [2.45, 2.75) is 45.2 Å². The second-order valence-electron chi connectivity index (χ2n) is 5.40. The first-order valence-corrected chi connectivity index (χ1v) is 7.08. The normalized spacial score (nSPS) is 16.6. The molecular formula is C15H25N3. The zero-order chi connectivity index (χ0) is 12.8. The summed E-state index contributed by atoms with van der Waals surface area (Å²) in [5.41, 5.74) is 2.63. The summed E-state index contributed by atoms with van der Waals surface area (Å²) in [5, 5.41) is 3.52. The third-order valence-corrected chi connectivity index (χ3v) is 4.05. The molecule has 3 nitrogen and oxygen atoms in total. The molecule has 0 bridgehead atoms. The minimum atomic E-state index is 0.826. The van der Waals surface area contributed by atoms with Crippen LogP contribution in [-0.4, -0.2) is 36.1 Å². The van der Waals surface area contributed by atoms with E-state index in [4.69, 9.17) is 0 Å². The van der Waals surface area contributed by atoms with Crippen LogP contribution in [0.5, 0.6) is 0 Å². The highest BCUT2D eigenvalue weighted by Crippen LogP contribution is 2.21. The number of hydrogen-bond acceptors (Lipinski definition) is 3. The van der Waals surface area contributed by atoms with Crippen LogP contribution in [0.3, 0.4) is 0 Å². The molecule has 0 atom stereocenters. The second-order valence-corrected chi connectivity index (χ2v) is 5.40. The van der Waals surface area contributed by atoms with Gasteiger partial charge in [-0.1, -0.05) is 12.8 Å². The molecule has 0 unspecified atom stereocenters. The molecule has 0 spiro atoms. The number of pyridine rings is 1. The molecule has 1 fully saturated rings. The van der Waals surface area contributed by atoms with Crippen molar-refractivity contribution >= 4 is 0 Å². The van der Waals surface area contributed by atoms with Gasteiger partial charge in [0, 0.05) is 38.1 Å². The molecule has 100 valence electrons. The lowest BCUT2D eigenvalue weighted by Gasteiger charge is -2.24. The van der Waals surface area contributed by atoms with Gasteiger partial charge in [-0.2, -0.15) is 0 Å². The molecule has 0 saturated heterocycles. The number of likely N-dealkylation sites (N-methyl/N-ethyl adjacent to an activating group) is 1. The largest absolute Gasteiger partial charge is 0.311 e. The van der Waals surface area contributed by atoms with E-state index in [1.54, 1.807) is 0 Å². The van der Waals surface area contributed by atoms with Crippen LogP contribution >= 0.6 is 0 Å². The van der Waals surface area contributed by atoms with Gasteiger partial charge in [0.1, 0.15) is 0 Å². The molecule has 1 heterocycles. The van der Waals surface area contributed by atoms with Gasteiger partial charge in [-0.05, 0) is 44.0 Å². The molecule has 2 rings (SSSR count). The highest BCUT2D eigenvalue weighted by Gasteiger charge is 2.18. The summed E-state index contributed by atoms with van der Waals surface area (Å²) in [5.74, 6) is 0. The lowest BCUT2D eigenvalue weighted by atomic mass is 10.1. The van der Waals surface area contributed by atoms with Gasteiger partial charge in [0.05, 0.1) is 0 Å². The van der Waals surface area contributed by atoms with Crippen molar-refractivity contribution in [1.29, 1.82) is 0 Å². The second kappa shape index (κ2) is 6.86. The molecule has 0 radical (unpaired) electrons. The number of aryl methyl sites for hydroxylation is 1. The smallest absolute Gasteiger partial charge is 0.0315 e. The van der Waals surface area contributed by atoms with Crippen LogP contribution in [0, 0.1) is 6.92 Å². The van der Waals surface area contributed by atoms with Crippen LogP contribution in [0.4, 0.5) is 0 Å². The molecule has 1 aliphatic carbocycles. The van der Waals surface area contributed by atoms with Crippen molar-refractivity contribution < 1.29 is 0 Å². The summed E-state index contributed by atoms with van der Waals surface area (Å²) in [6, 6.07) is 2.90. The summed E-state index contributed by atoms with van der Waals surface area (Å²) < 4.78 is 0. The van der Waals surface area contributed by atoms with E-state index in [1.165, 1.54) is 36.8 Å². The van der Waals surface area contributed by atoms with Crippen LogP contribution in [0.15, 0.2) is 18.5 Å². The monoisotopic (exact) mass is 247 g/mol. The average molecular weight is 247 g/mol. The van der Waals surface area contributed by atoms with Gasteiger partial charge in [0.25, 0.3) is 0 Å². The predicted molar refractivity (Wildman–Crippen MR) is 75.6 cm³/mol. The third kappa shape index (κ3) is 3.79. The van der Waals surface area contributed by atoms with Gasteiger partial charge in [0.2, 0.25) is 0 Å². The zero-order valence-electron chi connectivity index (χ0n) is 11.7. The maximum atomic E-state index is 4.17. The van der Waals surface area contributed by atoms with Crippen molar-refractivity contribution in [2.24, 2.45) is 0 Å². The van der Waals surface area contributed by atoms with Crippen molar-refractivity contribution in [3.8, 4) is 0 Å². The van der Waals surface area contributed by atoms with E-state index in [9.17, 15) is 0 Å². The van der Waals surface area contributed by atoms with E-state index in [0.717, 1.165) is 25.7 Å². The third-order valence-electron chi connectivity index (χ3n) is 4.05. The number of aromatic nitrogens is 1. The Kier molecular flexibility index (Phi) is 5.14. The summed E-state index contributed by atoms with van der Waals surface area (Å²) in [4.78, 5) is 6.68. The van der Waals surface area contributed by atoms with E-state index in [-0.39, 0.29) is 0 Å². The molecule has 1 aromatic heterocycles. The Bertz CT molecular complexity index is 359. The molecular weight excluding hydrogens is 222 g/mol. The highest BCUT2D eigenvalue weighted by molar-refractivity contribution is 5.20. The molecule has 1 aliphatic rings. The maximum Gasteiger partial charge on any atom is 0.0315 e. The molecule has 0 amide bonds. The fraction of sp³-hybridized carbons (Fsp3) is 0.667. The van der Waals surface area contributed by atoms with Gasteiger partial charge in [-0.3, -0.25) is 4.98 Å². The van der Waals surface area contributed by atoms with E-state index >= 15 is 0 Å². The maximum absolute atomic E-state index is 4.17. The summed E-state index contributed by atoms with van der Waals surface area (Å²) in [6.07, 6.45) is 9.42. The Labute approximate surface area is 111 Å². The SMILES string of the molecule is Cc1ccncc1CNCCN(C)C1CCCC1. The van der Waals surface area contributed by atoms with Gasteiger partial charge >= 0.3 is 0 Å². The Hall–Kier alpha value is -0.930. The topological polar surface area (TPSA) is 28.2 Å². The molecule has 1 aromatic rings. The lowest BCUT2D eigenvalue weighted by Crippen LogP contribution is -2.35. The Morgan fingerprint density at radius 2 is 2.17 bits per heavy atom. The summed E-state index contributed by atoms with van der Waals surface area (Å²) in [7, 11) is 2.26. The average Bonchev–Trinajstić information content (AvgIpc) is 2.90. The molecule has 0 aromatic carbocycles. The van der Waals surface area contributed by atoms with Crippen LogP contribution in [-0.2, 0) is 6.54 Å². The lowest BCUT2D eigenvalue weighted by molar-refractivity contribution is 0.245. The highest BCUT2D eigenvalue weighted by atomic mass is 15.1. The van der Waals surface area contributed by atoms with E-state index < -0.39 is 0 Å². The summed E-state index contributed by atoms with van der Waals surface area (Å²) in [6.45, 7) is 5.27. The van der Waals surface area contributed by atoms with Crippen molar-refractivity contribution in [1.82, 2.24) is 15.2 Å². The van der Waals surface area contributed by atoms with Gasteiger partial charge < -0.3 is 10.2 Å². The first-order chi connectivity index (χ1) is 8.77. The van der Waals surface area contributed by atoms with E-state index in [0.29, 0.717) is 0 Å². The number of rotatable bonds is 6. The first-order valence-electron chi connectivity index (χ1n) is 7.08. The van der Waals surface area contributed by atoms with E-state index in [2.05, 4.69) is 35.2 Å². The molecule has 1 saturated carbocycles. The van der Waals surface area contributed by atoms with Gasteiger partial charge in [-0.25, -0.2) is 0 Å². The standard InChI is InChI=1S/C15H25N3/c1-13-7-8-16-11-14(13)12-17-9-10-18(2)15-5-3-4-6-15/h7-8,11,15,17H,3-6,9-10,12H2,1-2H3. The number of hydrogen-bond donors (Lipinski definition) is 1. The fourth-order valence-corrected chi connectivity index (χ4v) is 2.69. The van der Waals surface area contributed by atoms with Crippen molar-refractivity contribution in [3.05, 3.63) is 29.6 Å². The Morgan fingerprint density at radius 1 is 1.39 bits per heavy atom. The Morgan fingerprint density at radius 3 is 2.89 bits per heavy atom. The van der Waals surface area contributed by atoms with Gasteiger partial charge in [-0.15, -0.1) is 0 Å². The minimum Gasteiger partial charge on any atom is -0.311 e. The van der Waals surface area contributed by atoms with Crippen LogP contribution in [0.25, 0.3) is 0 Å². The predicted octanol–water partition coefficient (Wildman–Crippen LogP) is 2.35. The Balaban J connectivity index is 1.65. The fourth-order valence-electron chi connectivity index (χ4n) is 2.69.